The van der Waals surface area contributed by atoms with Crippen LogP contribution in [0.3, 0.4) is 0 Å². The lowest BCUT2D eigenvalue weighted by Crippen LogP contribution is -2.20. The Bertz CT molecular complexity index is 570. The van der Waals surface area contributed by atoms with Crippen LogP contribution < -0.4 is 4.74 Å². The molecule has 2 aromatic carbocycles. The van der Waals surface area contributed by atoms with Crippen molar-refractivity contribution in [2.45, 2.75) is 11.0 Å². The molecule has 0 spiro atoms. The van der Waals surface area contributed by atoms with Gasteiger partial charge in [-0.3, -0.25) is 0 Å². The van der Waals surface area contributed by atoms with Crippen LogP contribution in [-0.2, 0) is 0 Å². The van der Waals surface area contributed by atoms with Crippen LogP contribution in [0.15, 0.2) is 47.4 Å². The lowest BCUT2D eigenvalue weighted by molar-refractivity contribution is 0.126. The van der Waals surface area contributed by atoms with Gasteiger partial charge >= 0.3 is 0 Å². The Hall–Kier alpha value is -0.580. The maximum atomic E-state index is 9.95. The predicted molar refractivity (Wildman–Crippen MR) is 90.1 cm³/mol. The second-order valence-corrected chi connectivity index (χ2v) is 6.56. The minimum absolute atomic E-state index is 0.191. The molecule has 0 bridgehead atoms. The normalized spacial score (nSPS) is 12.2. The topological polar surface area (TPSA) is 29.5 Å². The molecule has 1 unspecified atom stereocenters. The van der Waals surface area contributed by atoms with E-state index in [-0.39, 0.29) is 6.61 Å². The zero-order valence-corrected chi connectivity index (χ0v) is 14.0. The second-order valence-electron chi connectivity index (χ2n) is 4.28. The summed E-state index contributed by atoms with van der Waals surface area (Å²) in [7, 11) is 0. The molecule has 1 N–H and O–H groups in total. The largest absolute Gasteiger partial charge is 0.491 e. The first-order valence-electron chi connectivity index (χ1n) is 6.19. The first-order chi connectivity index (χ1) is 10.1. The Morgan fingerprint density at radius 3 is 2.24 bits per heavy atom. The third-order valence-corrected chi connectivity index (χ3v) is 4.98. The molecule has 0 saturated heterocycles. The van der Waals surface area contributed by atoms with E-state index in [0.29, 0.717) is 26.6 Å². The van der Waals surface area contributed by atoms with Gasteiger partial charge in [0.1, 0.15) is 12.4 Å². The van der Waals surface area contributed by atoms with E-state index >= 15 is 0 Å². The van der Waals surface area contributed by atoms with E-state index in [9.17, 15) is 5.11 Å². The van der Waals surface area contributed by atoms with Crippen LogP contribution >= 0.6 is 46.6 Å². The lowest BCUT2D eigenvalue weighted by Gasteiger charge is -2.13. The Kier molecular flexibility index (Phi) is 6.52. The summed E-state index contributed by atoms with van der Waals surface area (Å²) in [5, 5.41) is 11.8. The average Bonchev–Trinajstić information content (AvgIpc) is 2.46. The van der Waals surface area contributed by atoms with Crippen LogP contribution in [0.5, 0.6) is 5.75 Å². The molecule has 0 fully saturated rings. The molecule has 1 atom stereocenters. The van der Waals surface area contributed by atoms with E-state index in [0.717, 1.165) is 4.90 Å². The first-order valence-corrected chi connectivity index (χ1v) is 8.31. The van der Waals surface area contributed by atoms with Crippen LogP contribution in [0.4, 0.5) is 0 Å². The molecule has 0 heterocycles. The molecule has 0 aliphatic heterocycles. The Balaban J connectivity index is 1.82. The van der Waals surface area contributed by atoms with E-state index in [1.165, 1.54) is 11.8 Å². The van der Waals surface area contributed by atoms with Crippen molar-refractivity contribution in [2.75, 3.05) is 12.4 Å². The Morgan fingerprint density at radius 1 is 1.00 bits per heavy atom. The van der Waals surface area contributed by atoms with Crippen LogP contribution in [-0.4, -0.2) is 23.6 Å². The molecule has 6 heteroatoms. The Morgan fingerprint density at radius 2 is 1.62 bits per heavy atom. The lowest BCUT2D eigenvalue weighted by atomic mass is 10.3. The summed E-state index contributed by atoms with van der Waals surface area (Å²) < 4.78 is 5.48. The molecule has 0 aromatic heterocycles. The van der Waals surface area contributed by atoms with Crippen LogP contribution in [0.2, 0.25) is 15.1 Å². The summed E-state index contributed by atoms with van der Waals surface area (Å²) in [5.41, 5.74) is 0. The number of aliphatic hydroxyl groups excluding tert-OH is 1. The van der Waals surface area contributed by atoms with E-state index in [2.05, 4.69) is 0 Å². The third-order valence-electron chi connectivity index (χ3n) is 2.60. The van der Waals surface area contributed by atoms with E-state index in [4.69, 9.17) is 39.5 Å². The summed E-state index contributed by atoms with van der Waals surface area (Å²) in [6.07, 6.45) is -0.627. The Labute approximate surface area is 143 Å². The summed E-state index contributed by atoms with van der Waals surface area (Å²) in [5.74, 6) is 1.11. The highest BCUT2D eigenvalue weighted by Gasteiger charge is 2.11. The van der Waals surface area contributed by atoms with Crippen molar-refractivity contribution >= 4 is 46.6 Å². The fourth-order valence-corrected chi connectivity index (χ4v) is 3.29. The number of rotatable bonds is 6. The van der Waals surface area contributed by atoms with Crippen LogP contribution in [0.1, 0.15) is 0 Å². The predicted octanol–water partition coefficient (Wildman–Crippen LogP) is 5.18. The maximum Gasteiger partial charge on any atom is 0.119 e. The van der Waals surface area contributed by atoms with Gasteiger partial charge in [0.15, 0.2) is 0 Å². The average molecular weight is 364 g/mol. The van der Waals surface area contributed by atoms with E-state index in [1.807, 2.05) is 0 Å². The van der Waals surface area contributed by atoms with Gasteiger partial charge in [-0.25, -0.2) is 0 Å². The molecule has 21 heavy (non-hydrogen) atoms. The van der Waals surface area contributed by atoms with Crippen molar-refractivity contribution in [2.24, 2.45) is 0 Å². The summed E-state index contributed by atoms with van der Waals surface area (Å²) in [6, 6.07) is 12.3. The maximum absolute atomic E-state index is 9.95. The number of halogens is 3. The number of ether oxygens (including phenoxy) is 1. The molecule has 0 aliphatic carbocycles. The van der Waals surface area contributed by atoms with Gasteiger partial charge in [-0.05, 0) is 36.4 Å². The van der Waals surface area contributed by atoms with Gasteiger partial charge in [-0.2, -0.15) is 0 Å². The van der Waals surface area contributed by atoms with Gasteiger partial charge in [0.2, 0.25) is 0 Å². The standard InChI is InChI=1S/C15H13Cl3O2S/c16-10-4-6-12(7-5-10)20-8-11(19)9-21-15-13(17)2-1-3-14(15)18/h1-7,11,19H,8-9H2. The number of aliphatic hydroxyl groups is 1. The van der Waals surface area contributed by atoms with Crippen LogP contribution in [0.25, 0.3) is 0 Å². The van der Waals surface area contributed by atoms with Gasteiger partial charge in [0, 0.05) is 15.7 Å². The number of benzene rings is 2. The van der Waals surface area contributed by atoms with Gasteiger partial charge in [0.25, 0.3) is 0 Å². The zero-order chi connectivity index (χ0) is 15.2. The van der Waals surface area contributed by atoms with Gasteiger partial charge < -0.3 is 9.84 Å². The summed E-state index contributed by atoms with van der Waals surface area (Å²) in [6.45, 7) is 0.191. The van der Waals surface area contributed by atoms with Gasteiger partial charge in [-0.15, -0.1) is 11.8 Å². The molecule has 2 rings (SSSR count). The van der Waals surface area contributed by atoms with Gasteiger partial charge in [0.05, 0.1) is 16.1 Å². The number of hydrogen-bond donors (Lipinski definition) is 1. The smallest absolute Gasteiger partial charge is 0.119 e. The summed E-state index contributed by atoms with van der Waals surface area (Å²) in [4.78, 5) is 0.770. The monoisotopic (exact) mass is 362 g/mol. The molecule has 0 radical (unpaired) electrons. The molecule has 0 amide bonds. The van der Waals surface area contributed by atoms with Crippen molar-refractivity contribution < 1.29 is 9.84 Å². The molecular formula is C15H13Cl3O2S. The molecule has 2 aromatic rings. The van der Waals surface area contributed by atoms with Gasteiger partial charge in [-0.1, -0.05) is 40.9 Å². The minimum atomic E-state index is -0.627. The quantitative estimate of drug-likeness (QED) is 0.717. The molecule has 112 valence electrons. The first kappa shape index (κ1) is 16.8. The fraction of sp³-hybridized carbons (Fsp3) is 0.200. The molecule has 2 nitrogen and oxygen atoms in total. The van der Waals surface area contributed by atoms with Crippen molar-refractivity contribution in [3.8, 4) is 5.75 Å². The van der Waals surface area contributed by atoms with Crippen LogP contribution in [0, 0.1) is 0 Å². The number of thioether (sulfide) groups is 1. The molecular weight excluding hydrogens is 351 g/mol. The van der Waals surface area contributed by atoms with Crippen molar-refractivity contribution in [1.82, 2.24) is 0 Å². The SMILES string of the molecule is OC(COc1ccc(Cl)cc1)CSc1c(Cl)cccc1Cl. The van der Waals surface area contributed by atoms with E-state index in [1.54, 1.807) is 42.5 Å². The highest BCUT2D eigenvalue weighted by atomic mass is 35.5. The van der Waals surface area contributed by atoms with Crippen molar-refractivity contribution in [3.05, 3.63) is 57.5 Å². The highest BCUT2D eigenvalue weighted by molar-refractivity contribution is 7.99. The van der Waals surface area contributed by atoms with E-state index < -0.39 is 6.10 Å². The van der Waals surface area contributed by atoms with Crippen molar-refractivity contribution in [3.63, 3.8) is 0 Å². The summed E-state index contributed by atoms with van der Waals surface area (Å²) >= 11 is 19.3. The zero-order valence-electron chi connectivity index (χ0n) is 10.9. The molecule has 0 saturated carbocycles. The fourth-order valence-electron chi connectivity index (χ4n) is 1.57. The second kappa shape index (κ2) is 8.16. The minimum Gasteiger partial charge on any atom is -0.491 e. The molecule has 0 aliphatic rings. The third kappa shape index (κ3) is 5.28. The van der Waals surface area contributed by atoms with Crippen molar-refractivity contribution in [1.29, 1.82) is 0 Å². The number of hydrogen-bond acceptors (Lipinski definition) is 3. The highest BCUT2D eigenvalue weighted by Crippen LogP contribution is 2.34.